The van der Waals surface area contributed by atoms with E-state index in [9.17, 15) is 8.42 Å². The first-order valence-corrected chi connectivity index (χ1v) is 10.1. The molecule has 1 aliphatic carbocycles. The highest BCUT2D eigenvalue weighted by atomic mass is 79.9. The smallest absolute Gasteiger partial charge is 0.252 e. The summed E-state index contributed by atoms with van der Waals surface area (Å²) >= 11 is 4.62. The molecule has 4 nitrogen and oxygen atoms in total. The van der Waals surface area contributed by atoms with Crippen LogP contribution in [0.15, 0.2) is 20.1 Å². The molecule has 0 aromatic carbocycles. The van der Waals surface area contributed by atoms with E-state index in [2.05, 4.69) is 21.2 Å². The lowest BCUT2D eigenvalue weighted by atomic mass is 10.00. The number of piperidine rings is 1. The first kappa shape index (κ1) is 15.0. The molecule has 2 fully saturated rings. The van der Waals surface area contributed by atoms with Gasteiger partial charge in [0, 0.05) is 19.1 Å². The Balaban J connectivity index is 1.65. The molecule has 0 radical (unpaired) electrons. The third-order valence-electron chi connectivity index (χ3n) is 3.90. The highest BCUT2D eigenvalue weighted by molar-refractivity contribution is 9.11. The standard InChI is InChI=1S/C13H19BrN2O2S2/c14-12-5-6-13(19-12)20(17,18)16-7-1-2-10(9-16)8-15-11-3-4-11/h5-6,10-11,15H,1-4,7-9H2. The van der Waals surface area contributed by atoms with Crippen LogP contribution in [0.3, 0.4) is 0 Å². The van der Waals surface area contributed by atoms with Crippen LogP contribution in [0.1, 0.15) is 25.7 Å². The van der Waals surface area contributed by atoms with E-state index in [1.54, 1.807) is 16.4 Å². The molecule has 1 aliphatic heterocycles. The van der Waals surface area contributed by atoms with Gasteiger partial charge in [-0.15, -0.1) is 11.3 Å². The van der Waals surface area contributed by atoms with Crippen molar-refractivity contribution in [3.63, 3.8) is 0 Å². The fraction of sp³-hybridized carbons (Fsp3) is 0.692. The van der Waals surface area contributed by atoms with Crippen molar-refractivity contribution in [3.8, 4) is 0 Å². The summed E-state index contributed by atoms with van der Waals surface area (Å²) in [7, 11) is -3.30. The second-order valence-electron chi connectivity index (χ2n) is 5.61. The molecule has 2 aliphatic rings. The Morgan fingerprint density at radius 1 is 1.35 bits per heavy atom. The lowest BCUT2D eigenvalue weighted by Gasteiger charge is -2.31. The van der Waals surface area contributed by atoms with Crippen molar-refractivity contribution < 1.29 is 8.42 Å². The molecule has 0 bridgehead atoms. The van der Waals surface area contributed by atoms with Crippen molar-refractivity contribution in [2.75, 3.05) is 19.6 Å². The summed E-state index contributed by atoms with van der Waals surface area (Å²) in [6.07, 6.45) is 4.64. The summed E-state index contributed by atoms with van der Waals surface area (Å²) in [5, 5.41) is 3.52. The minimum Gasteiger partial charge on any atom is -0.314 e. The number of nitrogens with zero attached hydrogens (tertiary/aromatic N) is 1. The van der Waals surface area contributed by atoms with Gasteiger partial charge in [-0.1, -0.05) is 0 Å². The molecule has 0 spiro atoms. The van der Waals surface area contributed by atoms with Crippen molar-refractivity contribution in [2.45, 2.75) is 35.9 Å². The van der Waals surface area contributed by atoms with E-state index in [1.807, 2.05) is 0 Å². The number of thiophene rings is 1. The lowest BCUT2D eigenvalue weighted by molar-refractivity contribution is 0.260. The minimum atomic E-state index is -3.30. The van der Waals surface area contributed by atoms with Gasteiger partial charge in [0.2, 0.25) is 0 Å². The number of hydrogen-bond donors (Lipinski definition) is 1. The molecular weight excluding hydrogens is 360 g/mol. The Morgan fingerprint density at radius 3 is 2.80 bits per heavy atom. The zero-order valence-electron chi connectivity index (χ0n) is 11.2. The summed E-state index contributed by atoms with van der Waals surface area (Å²) in [5.74, 6) is 0.447. The van der Waals surface area contributed by atoms with E-state index >= 15 is 0 Å². The average molecular weight is 379 g/mol. The molecule has 1 aromatic rings. The van der Waals surface area contributed by atoms with Crippen LogP contribution in [0.4, 0.5) is 0 Å². The molecule has 112 valence electrons. The summed E-state index contributed by atoms with van der Waals surface area (Å²) < 4.78 is 28.1. The molecule has 20 heavy (non-hydrogen) atoms. The highest BCUT2D eigenvalue weighted by Crippen LogP contribution is 2.31. The molecule has 0 amide bonds. The summed E-state index contributed by atoms with van der Waals surface area (Å²) in [6.45, 7) is 2.25. The molecule has 7 heteroatoms. The van der Waals surface area contributed by atoms with Crippen molar-refractivity contribution >= 4 is 37.3 Å². The Labute approximate surface area is 132 Å². The van der Waals surface area contributed by atoms with E-state index in [1.165, 1.54) is 24.2 Å². The van der Waals surface area contributed by atoms with E-state index in [0.29, 0.717) is 29.3 Å². The van der Waals surface area contributed by atoms with Crippen LogP contribution in [0, 0.1) is 5.92 Å². The van der Waals surface area contributed by atoms with Crippen LogP contribution in [-0.2, 0) is 10.0 Å². The Bertz CT molecular complexity index is 569. The van der Waals surface area contributed by atoms with Gasteiger partial charge < -0.3 is 5.32 Å². The predicted octanol–water partition coefficient (Wildman–Crippen LogP) is 2.66. The summed E-state index contributed by atoms with van der Waals surface area (Å²) in [4.78, 5) is 0. The van der Waals surface area contributed by atoms with Crippen molar-refractivity contribution in [2.24, 2.45) is 5.92 Å². The number of nitrogens with one attached hydrogen (secondary N) is 1. The monoisotopic (exact) mass is 378 g/mol. The first-order valence-electron chi connectivity index (χ1n) is 7.04. The maximum absolute atomic E-state index is 12.6. The van der Waals surface area contributed by atoms with E-state index in [-0.39, 0.29) is 0 Å². The lowest BCUT2D eigenvalue weighted by Crippen LogP contribution is -2.42. The second kappa shape index (κ2) is 6.04. The second-order valence-corrected chi connectivity index (χ2v) is 10.2. The van der Waals surface area contributed by atoms with Gasteiger partial charge in [0.15, 0.2) is 0 Å². The maximum atomic E-state index is 12.6. The zero-order valence-corrected chi connectivity index (χ0v) is 14.4. The number of halogens is 1. The quantitative estimate of drug-likeness (QED) is 0.856. The highest BCUT2D eigenvalue weighted by Gasteiger charge is 2.32. The SMILES string of the molecule is O=S(=O)(c1ccc(Br)s1)N1CCCC(CNC2CC2)C1. The number of rotatable bonds is 5. The molecule has 2 heterocycles. The van der Waals surface area contributed by atoms with Gasteiger partial charge in [0.05, 0.1) is 3.79 Å². The third-order valence-corrected chi connectivity index (χ3v) is 7.85. The zero-order chi connectivity index (χ0) is 14.2. The van der Waals surface area contributed by atoms with Crippen LogP contribution in [0.2, 0.25) is 0 Å². The van der Waals surface area contributed by atoms with Crippen LogP contribution >= 0.6 is 27.3 Å². The Hall–Kier alpha value is 0.0500. The molecule has 1 atom stereocenters. The average Bonchev–Trinajstić information content (AvgIpc) is 3.16. The van der Waals surface area contributed by atoms with Crippen LogP contribution in [0.25, 0.3) is 0 Å². The van der Waals surface area contributed by atoms with Crippen LogP contribution in [0.5, 0.6) is 0 Å². The third kappa shape index (κ3) is 3.44. The van der Waals surface area contributed by atoms with Gasteiger partial charge >= 0.3 is 0 Å². The number of hydrogen-bond acceptors (Lipinski definition) is 4. The van der Waals surface area contributed by atoms with E-state index in [0.717, 1.165) is 23.2 Å². The Morgan fingerprint density at radius 2 is 2.15 bits per heavy atom. The van der Waals surface area contributed by atoms with Crippen molar-refractivity contribution in [1.82, 2.24) is 9.62 Å². The summed E-state index contributed by atoms with van der Waals surface area (Å²) in [5.41, 5.74) is 0. The van der Waals surface area contributed by atoms with Gasteiger partial charge in [0.1, 0.15) is 4.21 Å². The fourth-order valence-electron chi connectivity index (χ4n) is 2.60. The molecule has 1 N–H and O–H groups in total. The van der Waals surface area contributed by atoms with Gasteiger partial charge in [-0.3, -0.25) is 0 Å². The molecule has 1 aromatic heterocycles. The van der Waals surface area contributed by atoms with Gasteiger partial charge in [-0.25, -0.2) is 8.42 Å². The van der Waals surface area contributed by atoms with Gasteiger partial charge in [-0.2, -0.15) is 4.31 Å². The molecular formula is C13H19BrN2O2S2. The maximum Gasteiger partial charge on any atom is 0.252 e. The summed E-state index contributed by atoms with van der Waals surface area (Å²) in [6, 6.07) is 4.18. The van der Waals surface area contributed by atoms with Crippen molar-refractivity contribution in [3.05, 3.63) is 15.9 Å². The fourth-order valence-corrected chi connectivity index (χ4v) is 6.32. The van der Waals surface area contributed by atoms with Gasteiger partial charge in [0.25, 0.3) is 10.0 Å². The minimum absolute atomic E-state index is 0.445. The Kier molecular flexibility index (Phi) is 4.52. The molecule has 1 saturated heterocycles. The molecule has 1 saturated carbocycles. The van der Waals surface area contributed by atoms with E-state index < -0.39 is 10.0 Å². The normalized spacial score (nSPS) is 24.9. The van der Waals surface area contributed by atoms with Crippen LogP contribution in [-0.4, -0.2) is 38.4 Å². The molecule has 3 rings (SSSR count). The van der Waals surface area contributed by atoms with Gasteiger partial charge in [-0.05, 0) is 66.2 Å². The predicted molar refractivity (Wildman–Crippen MR) is 84.5 cm³/mol. The van der Waals surface area contributed by atoms with E-state index in [4.69, 9.17) is 0 Å². The van der Waals surface area contributed by atoms with Crippen LogP contribution < -0.4 is 5.32 Å². The number of sulfonamides is 1. The van der Waals surface area contributed by atoms with Crippen molar-refractivity contribution in [1.29, 1.82) is 0 Å². The topological polar surface area (TPSA) is 49.4 Å². The largest absolute Gasteiger partial charge is 0.314 e. The molecule has 1 unspecified atom stereocenters. The first-order chi connectivity index (χ1) is 9.55.